The predicted molar refractivity (Wildman–Crippen MR) is 57.6 cm³/mol. The molecule has 1 aliphatic rings. The molecule has 5 heteroatoms. The molecule has 1 aliphatic heterocycles. The number of hydrogen-bond acceptors (Lipinski definition) is 5. The number of thiophene rings is 1. The van der Waals surface area contributed by atoms with Gasteiger partial charge in [-0.05, 0) is 30.8 Å². The third-order valence-corrected chi connectivity index (χ3v) is 3.27. The first-order valence-electron chi connectivity index (χ1n) is 5.03. The standard InChI is InChI=1S/C10H11N3OS/c1-2-8(11-4-1)9-12-10(14-13-9)7-3-5-15-6-7/h3,5-6,8,11H,1-2,4H2. The van der Waals surface area contributed by atoms with E-state index in [0.717, 1.165) is 24.4 Å². The van der Waals surface area contributed by atoms with E-state index in [2.05, 4.69) is 15.5 Å². The zero-order chi connectivity index (χ0) is 10.1. The van der Waals surface area contributed by atoms with Crippen molar-refractivity contribution < 1.29 is 4.52 Å². The van der Waals surface area contributed by atoms with Crippen LogP contribution in [0.4, 0.5) is 0 Å². The predicted octanol–water partition coefficient (Wildman–Crippen LogP) is 2.22. The van der Waals surface area contributed by atoms with Crippen molar-refractivity contribution in [1.82, 2.24) is 15.5 Å². The summed E-state index contributed by atoms with van der Waals surface area (Å²) in [7, 11) is 0. The first-order valence-corrected chi connectivity index (χ1v) is 5.97. The van der Waals surface area contributed by atoms with E-state index < -0.39 is 0 Å². The number of aromatic nitrogens is 2. The number of nitrogens with zero attached hydrogens (tertiary/aromatic N) is 2. The average Bonchev–Trinajstić information content (AvgIpc) is 3.02. The minimum absolute atomic E-state index is 0.279. The van der Waals surface area contributed by atoms with Crippen LogP contribution in [0.25, 0.3) is 11.5 Å². The average molecular weight is 221 g/mol. The van der Waals surface area contributed by atoms with Crippen LogP contribution in [-0.2, 0) is 0 Å². The molecule has 2 aromatic heterocycles. The van der Waals surface area contributed by atoms with Crippen LogP contribution >= 0.6 is 11.3 Å². The van der Waals surface area contributed by atoms with E-state index in [1.165, 1.54) is 6.42 Å². The van der Waals surface area contributed by atoms with Gasteiger partial charge in [-0.15, -0.1) is 0 Å². The lowest BCUT2D eigenvalue weighted by Gasteiger charge is -2.01. The Morgan fingerprint density at radius 2 is 2.53 bits per heavy atom. The fraction of sp³-hybridized carbons (Fsp3) is 0.400. The fourth-order valence-corrected chi connectivity index (χ4v) is 2.41. The van der Waals surface area contributed by atoms with Gasteiger partial charge in [-0.3, -0.25) is 0 Å². The molecular weight excluding hydrogens is 210 g/mol. The van der Waals surface area contributed by atoms with Crippen molar-refractivity contribution in [2.24, 2.45) is 0 Å². The Morgan fingerprint density at radius 1 is 1.53 bits per heavy atom. The summed E-state index contributed by atoms with van der Waals surface area (Å²) >= 11 is 1.63. The SMILES string of the molecule is c1cc(-c2nc(C3CCCN3)no2)cs1. The molecule has 0 amide bonds. The van der Waals surface area contributed by atoms with Crippen LogP contribution in [0.15, 0.2) is 21.3 Å². The van der Waals surface area contributed by atoms with Crippen LogP contribution in [-0.4, -0.2) is 16.7 Å². The van der Waals surface area contributed by atoms with E-state index in [1.54, 1.807) is 11.3 Å². The van der Waals surface area contributed by atoms with Gasteiger partial charge in [0.15, 0.2) is 5.82 Å². The first kappa shape index (κ1) is 9.06. The second-order valence-corrected chi connectivity index (χ2v) is 4.40. The van der Waals surface area contributed by atoms with E-state index in [0.29, 0.717) is 5.89 Å². The highest BCUT2D eigenvalue weighted by atomic mass is 32.1. The lowest BCUT2D eigenvalue weighted by Crippen LogP contribution is -2.14. The molecule has 3 rings (SSSR count). The van der Waals surface area contributed by atoms with Gasteiger partial charge in [-0.25, -0.2) is 0 Å². The van der Waals surface area contributed by atoms with Crippen LogP contribution in [0.2, 0.25) is 0 Å². The van der Waals surface area contributed by atoms with Crippen molar-refractivity contribution >= 4 is 11.3 Å². The quantitative estimate of drug-likeness (QED) is 0.844. The normalized spacial score (nSPS) is 20.9. The maximum Gasteiger partial charge on any atom is 0.258 e. The molecule has 0 aromatic carbocycles. The summed E-state index contributed by atoms with van der Waals surface area (Å²) in [4.78, 5) is 4.40. The zero-order valence-corrected chi connectivity index (χ0v) is 8.96. The Hall–Kier alpha value is -1.20. The van der Waals surface area contributed by atoms with Gasteiger partial charge >= 0.3 is 0 Å². The number of rotatable bonds is 2. The van der Waals surface area contributed by atoms with Crippen molar-refractivity contribution in [3.63, 3.8) is 0 Å². The molecule has 0 bridgehead atoms. The van der Waals surface area contributed by atoms with Gasteiger partial charge < -0.3 is 9.84 Å². The van der Waals surface area contributed by atoms with Crippen LogP contribution < -0.4 is 5.32 Å². The third kappa shape index (κ3) is 1.68. The zero-order valence-electron chi connectivity index (χ0n) is 8.14. The third-order valence-electron chi connectivity index (χ3n) is 2.58. The topological polar surface area (TPSA) is 51.0 Å². The lowest BCUT2D eigenvalue weighted by molar-refractivity contribution is 0.412. The molecular formula is C10H11N3OS. The Kier molecular flexibility index (Phi) is 2.26. The minimum Gasteiger partial charge on any atom is -0.334 e. The van der Waals surface area contributed by atoms with E-state index in [9.17, 15) is 0 Å². The van der Waals surface area contributed by atoms with Gasteiger partial charge in [0, 0.05) is 5.38 Å². The van der Waals surface area contributed by atoms with E-state index >= 15 is 0 Å². The van der Waals surface area contributed by atoms with Crippen LogP contribution in [0.3, 0.4) is 0 Å². The molecule has 4 nitrogen and oxygen atoms in total. The van der Waals surface area contributed by atoms with Crippen molar-refractivity contribution in [2.45, 2.75) is 18.9 Å². The highest BCUT2D eigenvalue weighted by Gasteiger charge is 2.21. The van der Waals surface area contributed by atoms with Gasteiger partial charge in [0.2, 0.25) is 0 Å². The lowest BCUT2D eigenvalue weighted by atomic mass is 10.2. The van der Waals surface area contributed by atoms with Crippen molar-refractivity contribution in [1.29, 1.82) is 0 Å². The number of nitrogens with one attached hydrogen (secondary N) is 1. The van der Waals surface area contributed by atoms with Crippen molar-refractivity contribution in [3.05, 3.63) is 22.7 Å². The molecule has 78 valence electrons. The van der Waals surface area contributed by atoms with Crippen LogP contribution in [0, 0.1) is 0 Å². The molecule has 0 saturated carbocycles. The molecule has 0 radical (unpaired) electrons. The number of hydrogen-bond donors (Lipinski definition) is 1. The first-order chi connectivity index (χ1) is 7.43. The summed E-state index contributed by atoms with van der Waals surface area (Å²) in [6.45, 7) is 1.05. The summed E-state index contributed by atoms with van der Waals surface area (Å²) < 4.78 is 5.23. The highest BCUT2D eigenvalue weighted by Crippen LogP contribution is 2.24. The molecule has 1 N–H and O–H groups in total. The molecule has 1 fully saturated rings. The fourth-order valence-electron chi connectivity index (χ4n) is 1.78. The molecule has 2 aromatic rings. The maximum atomic E-state index is 5.23. The summed E-state index contributed by atoms with van der Waals surface area (Å²) in [5.74, 6) is 1.41. The van der Waals surface area contributed by atoms with Gasteiger partial charge in [0.25, 0.3) is 5.89 Å². The minimum atomic E-state index is 0.279. The van der Waals surface area contributed by atoms with Crippen LogP contribution in [0.1, 0.15) is 24.7 Å². The molecule has 15 heavy (non-hydrogen) atoms. The van der Waals surface area contributed by atoms with Gasteiger partial charge in [0.1, 0.15) is 0 Å². The Labute approximate surface area is 91.3 Å². The molecule has 3 heterocycles. The Balaban J connectivity index is 1.87. The monoisotopic (exact) mass is 221 g/mol. The van der Waals surface area contributed by atoms with Crippen molar-refractivity contribution in [2.75, 3.05) is 6.54 Å². The summed E-state index contributed by atoms with van der Waals surface area (Å²) in [5, 5.41) is 11.4. The smallest absolute Gasteiger partial charge is 0.258 e. The van der Waals surface area contributed by atoms with Gasteiger partial charge in [-0.1, -0.05) is 5.16 Å². The Bertz CT molecular complexity index is 431. The van der Waals surface area contributed by atoms with E-state index in [1.807, 2.05) is 16.8 Å². The summed E-state index contributed by atoms with van der Waals surface area (Å²) in [6.07, 6.45) is 2.29. The molecule has 1 atom stereocenters. The maximum absolute atomic E-state index is 5.23. The molecule has 0 aliphatic carbocycles. The van der Waals surface area contributed by atoms with E-state index in [4.69, 9.17) is 4.52 Å². The largest absolute Gasteiger partial charge is 0.334 e. The van der Waals surface area contributed by atoms with Crippen LogP contribution in [0.5, 0.6) is 0 Å². The van der Waals surface area contributed by atoms with Gasteiger partial charge in [-0.2, -0.15) is 16.3 Å². The molecule has 1 saturated heterocycles. The summed E-state index contributed by atoms with van der Waals surface area (Å²) in [6, 6.07) is 2.27. The molecule has 0 spiro atoms. The highest BCUT2D eigenvalue weighted by molar-refractivity contribution is 7.08. The van der Waals surface area contributed by atoms with Crippen molar-refractivity contribution in [3.8, 4) is 11.5 Å². The van der Waals surface area contributed by atoms with Gasteiger partial charge in [0.05, 0.1) is 11.6 Å². The Morgan fingerprint density at radius 3 is 3.27 bits per heavy atom. The molecule has 1 unspecified atom stereocenters. The van der Waals surface area contributed by atoms with E-state index in [-0.39, 0.29) is 6.04 Å². The summed E-state index contributed by atoms with van der Waals surface area (Å²) in [5.41, 5.74) is 1.01. The second kappa shape index (κ2) is 3.75. The second-order valence-electron chi connectivity index (χ2n) is 3.62.